The van der Waals surface area contributed by atoms with Crippen molar-refractivity contribution in [2.24, 2.45) is 17.8 Å². The topological polar surface area (TPSA) is 144 Å². The number of nitro groups is 1. The Labute approximate surface area is 242 Å². The standard InChI is InChI=1S/C30H23BrN2O8/c1-2-41-24-10-14(6-9-22(24)34)25-17-7-8-18-26(19(17)12-20-27(25)23(35)13-21(31)28(20)36)30(38)32(29(18)37)15-4-3-5-16(11-15)33(39)40/h3-7,9-11,13,18-19,25-26,34H,2,8,12H2,1H3/t18-,19+,25-,26-/m0/s1. The van der Waals surface area contributed by atoms with Gasteiger partial charge in [0.05, 0.1) is 33.5 Å². The highest BCUT2D eigenvalue weighted by Gasteiger charge is 2.56. The van der Waals surface area contributed by atoms with Crippen molar-refractivity contribution in [3.63, 3.8) is 0 Å². The smallest absolute Gasteiger partial charge is 0.271 e. The van der Waals surface area contributed by atoms with Crippen LogP contribution in [0.4, 0.5) is 11.4 Å². The minimum atomic E-state index is -0.825. The lowest BCUT2D eigenvalue weighted by atomic mass is 9.59. The highest BCUT2D eigenvalue weighted by atomic mass is 79.9. The molecule has 10 nitrogen and oxygen atoms in total. The summed E-state index contributed by atoms with van der Waals surface area (Å²) in [6.45, 7) is 2.07. The van der Waals surface area contributed by atoms with Gasteiger partial charge in [-0.15, -0.1) is 0 Å². The summed E-state index contributed by atoms with van der Waals surface area (Å²) in [5, 5.41) is 21.7. The second kappa shape index (κ2) is 9.91. The molecular formula is C30H23BrN2O8. The van der Waals surface area contributed by atoms with E-state index < -0.39 is 40.4 Å². The van der Waals surface area contributed by atoms with Crippen LogP contribution in [-0.2, 0) is 19.2 Å². The third-order valence-corrected chi connectivity index (χ3v) is 8.84. The van der Waals surface area contributed by atoms with Crippen molar-refractivity contribution in [1.82, 2.24) is 0 Å². The average Bonchev–Trinajstić information content (AvgIpc) is 3.21. The Morgan fingerprint density at radius 3 is 2.61 bits per heavy atom. The van der Waals surface area contributed by atoms with Crippen LogP contribution in [0.2, 0.25) is 0 Å². The number of ketones is 2. The Morgan fingerprint density at radius 2 is 1.88 bits per heavy atom. The highest BCUT2D eigenvalue weighted by molar-refractivity contribution is 9.12. The number of benzene rings is 2. The fourth-order valence-electron chi connectivity index (χ4n) is 6.57. The molecule has 0 aromatic heterocycles. The molecular weight excluding hydrogens is 596 g/mol. The second-order valence-electron chi connectivity index (χ2n) is 10.3. The lowest BCUT2D eigenvalue weighted by Gasteiger charge is -2.42. The maximum atomic E-state index is 14.0. The number of fused-ring (bicyclic) bond motifs is 3. The number of nitrogens with zero attached hydrogens (tertiary/aromatic N) is 2. The number of aromatic hydroxyl groups is 1. The number of hydrogen-bond donors (Lipinski definition) is 1. The van der Waals surface area contributed by atoms with E-state index in [9.17, 15) is 34.4 Å². The van der Waals surface area contributed by atoms with Crippen molar-refractivity contribution in [3.05, 3.63) is 91.5 Å². The summed E-state index contributed by atoms with van der Waals surface area (Å²) in [5.41, 5.74) is 1.80. The number of nitro benzene ring substituents is 1. The van der Waals surface area contributed by atoms with Gasteiger partial charge in [-0.3, -0.25) is 29.3 Å². The minimum absolute atomic E-state index is 0.0762. The van der Waals surface area contributed by atoms with E-state index >= 15 is 0 Å². The van der Waals surface area contributed by atoms with Gasteiger partial charge in [0.25, 0.3) is 5.69 Å². The first-order chi connectivity index (χ1) is 19.6. The van der Waals surface area contributed by atoms with Gasteiger partial charge < -0.3 is 9.84 Å². The number of carbonyl (C=O) groups is 4. The van der Waals surface area contributed by atoms with Crippen LogP contribution < -0.4 is 9.64 Å². The number of halogens is 1. The highest BCUT2D eigenvalue weighted by Crippen LogP contribution is 2.56. The quantitative estimate of drug-likeness (QED) is 0.167. The maximum absolute atomic E-state index is 14.0. The number of phenolic OH excluding ortho intramolecular Hbond substituents is 1. The molecule has 2 aromatic rings. The van der Waals surface area contributed by atoms with Gasteiger partial charge in [0, 0.05) is 35.3 Å². The van der Waals surface area contributed by atoms with Gasteiger partial charge in [-0.25, -0.2) is 4.90 Å². The Hall–Kier alpha value is -4.38. The molecule has 208 valence electrons. The molecule has 41 heavy (non-hydrogen) atoms. The number of imide groups is 1. The summed E-state index contributed by atoms with van der Waals surface area (Å²) < 4.78 is 5.70. The van der Waals surface area contributed by atoms with Crippen LogP contribution in [0.1, 0.15) is 31.2 Å². The Kier molecular flexibility index (Phi) is 6.49. The zero-order valence-electron chi connectivity index (χ0n) is 21.7. The van der Waals surface area contributed by atoms with Crippen molar-refractivity contribution >= 4 is 50.7 Å². The molecule has 2 aromatic carbocycles. The summed E-state index contributed by atoms with van der Waals surface area (Å²) >= 11 is 3.20. The molecule has 2 amide bonds. The molecule has 1 saturated heterocycles. The first-order valence-electron chi connectivity index (χ1n) is 13.1. The van der Waals surface area contributed by atoms with Crippen LogP contribution >= 0.6 is 15.9 Å². The van der Waals surface area contributed by atoms with E-state index in [-0.39, 0.29) is 57.3 Å². The molecule has 1 heterocycles. The fraction of sp³-hybridized carbons (Fsp3) is 0.267. The van der Waals surface area contributed by atoms with Gasteiger partial charge in [-0.2, -0.15) is 0 Å². The van der Waals surface area contributed by atoms with E-state index in [1.54, 1.807) is 19.1 Å². The fourth-order valence-corrected chi connectivity index (χ4v) is 7.01. The zero-order chi connectivity index (χ0) is 29.2. The Morgan fingerprint density at radius 1 is 1.10 bits per heavy atom. The molecule has 0 bridgehead atoms. The molecule has 1 N–H and O–H groups in total. The summed E-state index contributed by atoms with van der Waals surface area (Å²) in [6, 6.07) is 10.1. The number of rotatable bonds is 5. The van der Waals surface area contributed by atoms with Crippen LogP contribution in [0.3, 0.4) is 0 Å². The van der Waals surface area contributed by atoms with E-state index in [2.05, 4.69) is 15.9 Å². The molecule has 3 aliphatic carbocycles. The predicted octanol–water partition coefficient (Wildman–Crippen LogP) is 4.67. The van der Waals surface area contributed by atoms with E-state index in [4.69, 9.17) is 4.74 Å². The summed E-state index contributed by atoms with van der Waals surface area (Å²) in [7, 11) is 0. The number of carbonyl (C=O) groups excluding carboxylic acids is 4. The SMILES string of the molecule is CCOc1cc([C@H]2C3=CC[C@@H]4C(=O)N(c5cccc([N+](=O)[O-])c5)C(=O)[C@@H]4[C@@H]3CC3=C2C(=O)C=C(Br)C3=O)ccc1O. The Balaban J connectivity index is 1.47. The number of allylic oxidation sites excluding steroid dienone is 6. The van der Waals surface area contributed by atoms with Crippen molar-refractivity contribution in [1.29, 1.82) is 0 Å². The van der Waals surface area contributed by atoms with Crippen molar-refractivity contribution in [3.8, 4) is 11.5 Å². The lowest BCUT2D eigenvalue weighted by molar-refractivity contribution is -0.384. The number of non-ortho nitro benzene ring substituents is 1. The maximum Gasteiger partial charge on any atom is 0.271 e. The van der Waals surface area contributed by atoms with Gasteiger partial charge in [-0.1, -0.05) is 23.8 Å². The normalized spacial score (nSPS) is 25.4. The minimum Gasteiger partial charge on any atom is -0.504 e. The molecule has 1 aliphatic heterocycles. The van der Waals surface area contributed by atoms with Gasteiger partial charge in [0.1, 0.15) is 0 Å². The van der Waals surface area contributed by atoms with Crippen LogP contribution in [0.15, 0.2) is 75.8 Å². The van der Waals surface area contributed by atoms with Gasteiger partial charge in [0.2, 0.25) is 11.8 Å². The van der Waals surface area contributed by atoms with Crippen LogP contribution in [-0.4, -0.2) is 40.0 Å². The molecule has 1 fully saturated rings. The van der Waals surface area contributed by atoms with E-state index in [0.29, 0.717) is 17.7 Å². The number of amides is 2. The summed E-state index contributed by atoms with van der Waals surface area (Å²) in [4.78, 5) is 66.0. The molecule has 6 rings (SSSR count). The monoisotopic (exact) mass is 618 g/mol. The zero-order valence-corrected chi connectivity index (χ0v) is 23.3. The third kappa shape index (κ3) is 4.14. The van der Waals surface area contributed by atoms with E-state index in [1.807, 2.05) is 6.08 Å². The molecule has 4 atom stereocenters. The largest absolute Gasteiger partial charge is 0.504 e. The van der Waals surface area contributed by atoms with Gasteiger partial charge in [-0.05, 0) is 65.4 Å². The predicted molar refractivity (Wildman–Crippen MR) is 149 cm³/mol. The second-order valence-corrected chi connectivity index (χ2v) is 11.2. The third-order valence-electron chi connectivity index (χ3n) is 8.25. The average molecular weight is 619 g/mol. The number of ether oxygens (including phenoxy) is 1. The van der Waals surface area contributed by atoms with Crippen molar-refractivity contribution < 1.29 is 33.9 Å². The molecule has 11 heteroatoms. The van der Waals surface area contributed by atoms with E-state index in [1.165, 1.54) is 36.4 Å². The molecule has 0 spiro atoms. The summed E-state index contributed by atoms with van der Waals surface area (Å²) in [6.07, 6.45) is 3.44. The van der Waals surface area contributed by atoms with Gasteiger partial charge in [0.15, 0.2) is 23.1 Å². The molecule has 0 radical (unpaired) electrons. The van der Waals surface area contributed by atoms with Crippen LogP contribution in [0.25, 0.3) is 0 Å². The van der Waals surface area contributed by atoms with Gasteiger partial charge >= 0.3 is 0 Å². The van der Waals surface area contributed by atoms with Crippen LogP contribution in [0, 0.1) is 27.9 Å². The van der Waals surface area contributed by atoms with Crippen LogP contribution in [0.5, 0.6) is 11.5 Å². The molecule has 0 saturated carbocycles. The number of phenols is 1. The Bertz CT molecular complexity index is 1670. The first-order valence-corrected chi connectivity index (χ1v) is 13.9. The lowest BCUT2D eigenvalue weighted by Crippen LogP contribution is -2.39. The number of anilines is 1. The summed E-state index contributed by atoms with van der Waals surface area (Å²) in [5.74, 6) is -4.32. The molecule has 4 aliphatic rings. The van der Waals surface area contributed by atoms with Crippen molar-refractivity contribution in [2.75, 3.05) is 11.5 Å². The number of hydrogen-bond acceptors (Lipinski definition) is 8. The van der Waals surface area contributed by atoms with Crippen molar-refractivity contribution in [2.45, 2.75) is 25.7 Å². The molecule has 0 unspecified atom stereocenters. The van der Waals surface area contributed by atoms with E-state index in [0.717, 1.165) is 10.5 Å². The number of Topliss-reactive ketones (excluding diaryl/α,β-unsaturated/α-hetero) is 1. The first kappa shape index (κ1) is 26.8.